The predicted octanol–water partition coefficient (Wildman–Crippen LogP) is 0.756. The van der Waals surface area contributed by atoms with Crippen molar-refractivity contribution >= 4 is 45.3 Å². The van der Waals surface area contributed by atoms with E-state index >= 15 is 0 Å². The van der Waals surface area contributed by atoms with E-state index in [4.69, 9.17) is 26.0 Å². The van der Waals surface area contributed by atoms with Gasteiger partial charge in [0.05, 0.1) is 12.9 Å². The molecule has 0 saturated carbocycles. The molecule has 0 aliphatic rings. The van der Waals surface area contributed by atoms with Crippen LogP contribution in [0.3, 0.4) is 0 Å². The van der Waals surface area contributed by atoms with Crippen molar-refractivity contribution < 1.29 is 37.2 Å². The molecule has 1 aromatic carbocycles. The smallest absolute Gasteiger partial charge is 0.326 e. The molecule has 0 aliphatic heterocycles. The van der Waals surface area contributed by atoms with Gasteiger partial charge in [0.15, 0.2) is 0 Å². The van der Waals surface area contributed by atoms with E-state index in [1.807, 2.05) is 0 Å². The van der Waals surface area contributed by atoms with Gasteiger partial charge in [-0.15, -0.1) is 11.6 Å². The Kier molecular flexibility index (Phi) is 9.86. The second-order valence-electron chi connectivity index (χ2n) is 6.05. The lowest BCUT2D eigenvalue weighted by Gasteiger charge is -2.23. The molecule has 10 nitrogen and oxygen atoms in total. The number of nitrogens with one attached hydrogen (secondary N) is 1. The molecule has 162 valence electrons. The number of anilines is 1. The van der Waals surface area contributed by atoms with E-state index in [0.717, 1.165) is 6.26 Å². The maximum atomic E-state index is 12.3. The highest BCUT2D eigenvalue weighted by Gasteiger charge is 2.21. The summed E-state index contributed by atoms with van der Waals surface area (Å²) in [5, 5.41) is 20.1. The summed E-state index contributed by atoms with van der Waals surface area (Å²) in [5.74, 6) is -2.85. The first-order valence-corrected chi connectivity index (χ1v) is 10.9. The van der Waals surface area contributed by atoms with Gasteiger partial charge in [0.25, 0.3) is 16.0 Å². The zero-order valence-electron chi connectivity index (χ0n) is 15.7. The lowest BCUT2D eigenvalue weighted by Crippen LogP contribution is -2.41. The number of hydrogen-bond donors (Lipinski definition) is 3. The van der Waals surface area contributed by atoms with Gasteiger partial charge in [0.1, 0.15) is 6.04 Å². The molecule has 1 rings (SSSR count). The third kappa shape index (κ3) is 9.59. The van der Waals surface area contributed by atoms with E-state index in [2.05, 4.69) is 5.32 Å². The number of carbonyl (C=O) groups is 3. The molecule has 0 fully saturated rings. The first kappa shape index (κ1) is 24.7. The summed E-state index contributed by atoms with van der Waals surface area (Å²) >= 11 is 5.77. The number of halogens is 1. The van der Waals surface area contributed by atoms with Crippen LogP contribution in [0, 0.1) is 0 Å². The van der Waals surface area contributed by atoms with Crippen LogP contribution in [0.1, 0.15) is 23.2 Å². The number of hydrogen-bond acceptors (Lipinski definition) is 7. The fourth-order valence-electron chi connectivity index (χ4n) is 2.36. The van der Waals surface area contributed by atoms with Crippen molar-refractivity contribution in [2.75, 3.05) is 36.7 Å². The Bertz CT molecular complexity index is 813. The lowest BCUT2D eigenvalue weighted by atomic mass is 10.1. The SMILES string of the molecule is CS(=O)(=O)OCCN(CCCl)c1ccc(C(=O)N[C@H](CCC(=O)O)C(=O)O)cc1. The van der Waals surface area contributed by atoms with Gasteiger partial charge in [-0.2, -0.15) is 8.42 Å². The van der Waals surface area contributed by atoms with Crippen molar-refractivity contribution in [3.05, 3.63) is 29.8 Å². The number of aliphatic carboxylic acids is 2. The van der Waals surface area contributed by atoms with E-state index < -0.39 is 34.0 Å². The summed E-state index contributed by atoms with van der Waals surface area (Å²) in [5.41, 5.74) is 0.855. The third-order valence-corrected chi connectivity index (χ3v) is 4.52. The molecule has 1 atom stereocenters. The van der Waals surface area contributed by atoms with Gasteiger partial charge in [0, 0.05) is 36.6 Å². The predicted molar refractivity (Wildman–Crippen MR) is 106 cm³/mol. The van der Waals surface area contributed by atoms with Crippen LogP contribution in [0.25, 0.3) is 0 Å². The fourth-order valence-corrected chi connectivity index (χ4v) is 2.94. The van der Waals surface area contributed by atoms with Crippen molar-refractivity contribution in [3.63, 3.8) is 0 Å². The highest BCUT2D eigenvalue weighted by molar-refractivity contribution is 7.85. The summed E-state index contributed by atoms with van der Waals surface area (Å²) in [4.78, 5) is 35.8. The number of alkyl halides is 1. The molecular formula is C17H23ClN2O8S. The summed E-state index contributed by atoms with van der Waals surface area (Å²) in [6.45, 7) is 0.597. The average Bonchev–Trinajstić information content (AvgIpc) is 2.63. The average molecular weight is 451 g/mol. The molecule has 3 N–H and O–H groups in total. The fraction of sp³-hybridized carbons (Fsp3) is 0.471. The number of carbonyl (C=O) groups excluding carboxylic acids is 1. The normalized spacial score (nSPS) is 12.2. The summed E-state index contributed by atoms with van der Waals surface area (Å²) in [6, 6.07) is 4.84. The second-order valence-corrected chi connectivity index (χ2v) is 8.07. The number of amides is 1. The molecular weight excluding hydrogens is 428 g/mol. The monoisotopic (exact) mass is 450 g/mol. The van der Waals surface area contributed by atoms with Crippen LogP contribution in [0.5, 0.6) is 0 Å². The van der Waals surface area contributed by atoms with E-state index in [1.54, 1.807) is 17.0 Å². The minimum absolute atomic E-state index is 0.0676. The number of rotatable bonds is 13. The van der Waals surface area contributed by atoms with Crippen LogP contribution in [-0.2, 0) is 23.9 Å². The Morgan fingerprint density at radius 1 is 1.17 bits per heavy atom. The summed E-state index contributed by atoms with van der Waals surface area (Å²) < 4.78 is 26.8. The van der Waals surface area contributed by atoms with Crippen molar-refractivity contribution in [2.24, 2.45) is 0 Å². The quantitative estimate of drug-likeness (QED) is 0.292. The molecule has 0 heterocycles. The molecule has 1 amide bonds. The summed E-state index contributed by atoms with van der Waals surface area (Å²) in [7, 11) is -3.56. The number of carboxylic acid groups (broad SMARTS) is 2. The van der Waals surface area contributed by atoms with Gasteiger partial charge in [-0.3, -0.25) is 13.8 Å². The second kappa shape index (κ2) is 11.6. The Balaban J connectivity index is 2.79. The summed E-state index contributed by atoms with van der Waals surface area (Å²) in [6.07, 6.45) is 0.324. The van der Waals surface area contributed by atoms with Gasteiger partial charge in [0.2, 0.25) is 0 Å². The van der Waals surface area contributed by atoms with Gasteiger partial charge < -0.3 is 20.4 Å². The molecule has 0 bridgehead atoms. The zero-order valence-corrected chi connectivity index (χ0v) is 17.3. The standard InChI is InChI=1S/C17H23ClN2O8S/c1-29(26,27)28-11-10-20(9-8-18)13-4-2-12(3-5-13)16(23)19-14(17(24)25)6-7-15(21)22/h2-5,14H,6-11H2,1H3,(H,19,23)(H,21,22)(H,24,25)/t14-/m1/s1. The van der Waals surface area contributed by atoms with E-state index in [-0.39, 0.29) is 37.4 Å². The van der Waals surface area contributed by atoms with Crippen molar-refractivity contribution in [3.8, 4) is 0 Å². The van der Waals surface area contributed by atoms with Crippen molar-refractivity contribution in [1.82, 2.24) is 5.32 Å². The molecule has 0 radical (unpaired) electrons. The molecule has 29 heavy (non-hydrogen) atoms. The van der Waals surface area contributed by atoms with Crippen LogP contribution in [0.2, 0.25) is 0 Å². The highest BCUT2D eigenvalue weighted by atomic mass is 35.5. The molecule has 0 aliphatic carbocycles. The van der Waals surface area contributed by atoms with Crippen LogP contribution in [0.15, 0.2) is 24.3 Å². The van der Waals surface area contributed by atoms with E-state index in [9.17, 15) is 22.8 Å². The maximum Gasteiger partial charge on any atom is 0.326 e. The Morgan fingerprint density at radius 2 is 1.79 bits per heavy atom. The number of benzene rings is 1. The van der Waals surface area contributed by atoms with Gasteiger partial charge >= 0.3 is 11.9 Å². The Hall–Kier alpha value is -2.37. The lowest BCUT2D eigenvalue weighted by molar-refractivity contribution is -0.140. The van der Waals surface area contributed by atoms with Crippen LogP contribution in [-0.4, -0.2) is 74.4 Å². The van der Waals surface area contributed by atoms with Crippen LogP contribution < -0.4 is 10.2 Å². The van der Waals surface area contributed by atoms with E-state index in [0.29, 0.717) is 12.2 Å². The molecule has 0 spiro atoms. The number of carboxylic acids is 2. The van der Waals surface area contributed by atoms with Crippen molar-refractivity contribution in [1.29, 1.82) is 0 Å². The van der Waals surface area contributed by atoms with Crippen LogP contribution >= 0.6 is 11.6 Å². The molecule has 0 unspecified atom stereocenters. The zero-order chi connectivity index (χ0) is 22.0. The molecule has 0 aromatic heterocycles. The Labute approximate surface area is 173 Å². The topological polar surface area (TPSA) is 150 Å². The Morgan fingerprint density at radius 3 is 2.28 bits per heavy atom. The molecule has 1 aromatic rings. The molecule has 0 saturated heterocycles. The van der Waals surface area contributed by atoms with E-state index in [1.165, 1.54) is 12.1 Å². The minimum Gasteiger partial charge on any atom is -0.481 e. The maximum absolute atomic E-state index is 12.3. The van der Waals surface area contributed by atoms with Crippen molar-refractivity contribution in [2.45, 2.75) is 18.9 Å². The third-order valence-electron chi connectivity index (χ3n) is 3.76. The highest BCUT2D eigenvalue weighted by Crippen LogP contribution is 2.16. The van der Waals surface area contributed by atoms with Gasteiger partial charge in [-0.25, -0.2) is 4.79 Å². The molecule has 12 heteroatoms. The number of nitrogens with zero attached hydrogens (tertiary/aromatic N) is 1. The first-order valence-electron chi connectivity index (χ1n) is 8.54. The van der Waals surface area contributed by atoms with Gasteiger partial charge in [-0.1, -0.05) is 0 Å². The van der Waals surface area contributed by atoms with Crippen LogP contribution in [0.4, 0.5) is 5.69 Å². The largest absolute Gasteiger partial charge is 0.481 e. The van der Waals surface area contributed by atoms with Gasteiger partial charge in [-0.05, 0) is 30.7 Å². The minimum atomic E-state index is -3.56. The first-order chi connectivity index (χ1) is 13.5.